The minimum absolute atomic E-state index is 0.331. The maximum Gasteiger partial charge on any atom is 0.224 e. The molecule has 0 saturated heterocycles. The third-order valence-corrected chi connectivity index (χ3v) is 5.78. The molecule has 0 amide bonds. The third-order valence-electron chi connectivity index (χ3n) is 5.78. The Labute approximate surface area is 173 Å². The van der Waals surface area contributed by atoms with Gasteiger partial charge >= 0.3 is 0 Å². The molecule has 2 N–H and O–H groups in total. The number of imidazole rings is 1. The summed E-state index contributed by atoms with van der Waals surface area (Å²) in [5, 5.41) is 4.31. The number of fused-ring (bicyclic) bond motifs is 2. The highest BCUT2D eigenvalue weighted by molar-refractivity contribution is 5.93. The van der Waals surface area contributed by atoms with Gasteiger partial charge in [-0.25, -0.2) is 14.4 Å². The standard InChI is InChI=1S/C22H25FN6O/c1-3-30-16-6-4-15(5-7-16)27-22-25-10-18-17(9-24-20(18)28-22)14-8-19(23)21-26-13(2)11-29(21)12-14/h8-12,15-16H,3-7H2,1-2H3,(H2,24,25,27,28)/t15-,16+. The van der Waals surface area contributed by atoms with Crippen LogP contribution in [-0.2, 0) is 4.74 Å². The molecule has 4 heterocycles. The van der Waals surface area contributed by atoms with E-state index in [2.05, 4.69) is 25.3 Å². The first kappa shape index (κ1) is 19.0. The van der Waals surface area contributed by atoms with Crippen LogP contribution in [0.5, 0.6) is 0 Å². The summed E-state index contributed by atoms with van der Waals surface area (Å²) in [6.07, 6.45) is 11.9. The van der Waals surface area contributed by atoms with Gasteiger partial charge in [-0.15, -0.1) is 0 Å². The van der Waals surface area contributed by atoms with Crippen molar-refractivity contribution in [1.29, 1.82) is 0 Å². The SMILES string of the molecule is CCO[C@H]1CC[C@@H](Nc2ncc3c(-c4cc(F)c5nc(C)cn5c4)c[nH]c3n2)CC1. The van der Waals surface area contributed by atoms with Crippen molar-refractivity contribution in [2.45, 2.75) is 51.7 Å². The van der Waals surface area contributed by atoms with E-state index in [1.54, 1.807) is 10.6 Å². The molecule has 0 aliphatic heterocycles. The number of nitrogens with zero attached hydrogens (tertiary/aromatic N) is 4. The Morgan fingerprint density at radius 1 is 1.23 bits per heavy atom. The van der Waals surface area contributed by atoms with Gasteiger partial charge in [0, 0.05) is 53.9 Å². The maximum atomic E-state index is 14.5. The molecule has 4 aromatic rings. The molecular weight excluding hydrogens is 383 g/mol. The number of H-pyrrole nitrogens is 1. The van der Waals surface area contributed by atoms with E-state index in [0.29, 0.717) is 23.7 Å². The summed E-state index contributed by atoms with van der Waals surface area (Å²) < 4.78 is 21.9. The quantitative estimate of drug-likeness (QED) is 0.509. The van der Waals surface area contributed by atoms with Crippen LogP contribution in [0, 0.1) is 12.7 Å². The Bertz CT molecular complexity index is 1190. The number of rotatable bonds is 5. The van der Waals surface area contributed by atoms with Crippen LogP contribution in [0.2, 0.25) is 0 Å². The fourth-order valence-corrected chi connectivity index (χ4v) is 4.33. The molecule has 0 unspecified atom stereocenters. The zero-order chi connectivity index (χ0) is 20.7. The van der Waals surface area contributed by atoms with E-state index in [4.69, 9.17) is 4.74 Å². The second kappa shape index (κ2) is 7.68. The Hall–Kier alpha value is -3.00. The molecule has 30 heavy (non-hydrogen) atoms. The van der Waals surface area contributed by atoms with Crippen molar-refractivity contribution >= 4 is 22.6 Å². The number of nitrogens with one attached hydrogen (secondary N) is 2. The van der Waals surface area contributed by atoms with Gasteiger partial charge in [0.05, 0.1) is 11.8 Å². The van der Waals surface area contributed by atoms with Gasteiger partial charge in [0.1, 0.15) is 5.65 Å². The molecule has 0 aromatic carbocycles. The lowest BCUT2D eigenvalue weighted by Gasteiger charge is -2.28. The van der Waals surface area contributed by atoms with Crippen molar-refractivity contribution in [2.24, 2.45) is 0 Å². The van der Waals surface area contributed by atoms with Crippen molar-refractivity contribution in [3.63, 3.8) is 0 Å². The van der Waals surface area contributed by atoms with Crippen LogP contribution < -0.4 is 5.32 Å². The number of pyridine rings is 1. The molecule has 7 nitrogen and oxygen atoms in total. The van der Waals surface area contributed by atoms with Gasteiger partial charge in [-0.1, -0.05) is 0 Å². The molecule has 1 fully saturated rings. The molecule has 0 bridgehead atoms. The molecule has 4 aromatic heterocycles. The Kier molecular flexibility index (Phi) is 4.86. The molecule has 8 heteroatoms. The van der Waals surface area contributed by atoms with Crippen molar-refractivity contribution < 1.29 is 9.13 Å². The number of hydrogen-bond donors (Lipinski definition) is 2. The lowest BCUT2D eigenvalue weighted by atomic mass is 9.93. The lowest BCUT2D eigenvalue weighted by Crippen LogP contribution is -2.30. The van der Waals surface area contributed by atoms with Crippen molar-refractivity contribution in [1.82, 2.24) is 24.3 Å². The van der Waals surface area contributed by atoms with Crippen LogP contribution in [-0.4, -0.2) is 43.1 Å². The fraction of sp³-hybridized carbons (Fsp3) is 0.409. The van der Waals surface area contributed by atoms with E-state index in [1.807, 2.05) is 32.4 Å². The largest absolute Gasteiger partial charge is 0.379 e. The first-order valence-electron chi connectivity index (χ1n) is 10.5. The van der Waals surface area contributed by atoms with Crippen molar-refractivity contribution in [3.05, 3.63) is 42.4 Å². The van der Waals surface area contributed by atoms with E-state index in [-0.39, 0.29) is 5.82 Å². The van der Waals surface area contributed by atoms with Gasteiger partial charge < -0.3 is 19.4 Å². The van der Waals surface area contributed by atoms with E-state index >= 15 is 0 Å². The molecule has 1 saturated carbocycles. The Morgan fingerprint density at radius 2 is 2.07 bits per heavy atom. The summed E-state index contributed by atoms with van der Waals surface area (Å²) in [5.74, 6) is 0.263. The summed E-state index contributed by atoms with van der Waals surface area (Å²) in [7, 11) is 0. The van der Waals surface area contributed by atoms with E-state index in [1.165, 1.54) is 6.07 Å². The minimum Gasteiger partial charge on any atom is -0.379 e. The number of hydrogen-bond acceptors (Lipinski definition) is 5. The summed E-state index contributed by atoms with van der Waals surface area (Å²) in [4.78, 5) is 16.6. The smallest absolute Gasteiger partial charge is 0.224 e. The molecule has 1 aliphatic rings. The number of anilines is 1. The van der Waals surface area contributed by atoms with Crippen LogP contribution in [0.1, 0.15) is 38.3 Å². The summed E-state index contributed by atoms with van der Waals surface area (Å²) in [5.41, 5.74) is 3.45. The van der Waals surface area contributed by atoms with Gasteiger partial charge in [-0.3, -0.25) is 0 Å². The molecular formula is C22H25FN6O. The van der Waals surface area contributed by atoms with Gasteiger partial charge in [0.2, 0.25) is 5.95 Å². The number of aromatic nitrogens is 5. The number of ether oxygens (including phenoxy) is 1. The van der Waals surface area contributed by atoms with Crippen molar-refractivity contribution in [2.75, 3.05) is 11.9 Å². The Balaban J connectivity index is 1.38. The zero-order valence-corrected chi connectivity index (χ0v) is 17.2. The number of halogens is 1. The summed E-state index contributed by atoms with van der Waals surface area (Å²) in [6.45, 7) is 4.67. The van der Waals surface area contributed by atoms with Gasteiger partial charge in [-0.2, -0.15) is 4.98 Å². The van der Waals surface area contributed by atoms with Gasteiger partial charge in [0.15, 0.2) is 11.5 Å². The highest BCUT2D eigenvalue weighted by Crippen LogP contribution is 2.30. The second-order valence-electron chi connectivity index (χ2n) is 7.92. The minimum atomic E-state index is -0.350. The lowest BCUT2D eigenvalue weighted by molar-refractivity contribution is 0.0346. The third kappa shape index (κ3) is 3.52. The van der Waals surface area contributed by atoms with Crippen LogP contribution in [0.25, 0.3) is 27.8 Å². The topological polar surface area (TPSA) is 80.1 Å². The van der Waals surface area contributed by atoms with E-state index in [9.17, 15) is 4.39 Å². The molecule has 0 atom stereocenters. The second-order valence-corrected chi connectivity index (χ2v) is 7.92. The first-order chi connectivity index (χ1) is 14.6. The highest BCUT2D eigenvalue weighted by atomic mass is 19.1. The molecule has 1 aliphatic carbocycles. The zero-order valence-electron chi connectivity index (χ0n) is 17.2. The van der Waals surface area contributed by atoms with Crippen LogP contribution in [0.3, 0.4) is 0 Å². The first-order valence-corrected chi connectivity index (χ1v) is 10.5. The maximum absolute atomic E-state index is 14.5. The molecule has 156 valence electrons. The summed E-state index contributed by atoms with van der Waals surface area (Å²) in [6, 6.07) is 1.86. The molecule has 0 spiro atoms. The van der Waals surface area contributed by atoms with E-state index < -0.39 is 0 Å². The Morgan fingerprint density at radius 3 is 2.87 bits per heavy atom. The van der Waals surface area contributed by atoms with Crippen LogP contribution in [0.15, 0.2) is 30.9 Å². The fourth-order valence-electron chi connectivity index (χ4n) is 4.33. The van der Waals surface area contributed by atoms with Crippen LogP contribution >= 0.6 is 0 Å². The van der Waals surface area contributed by atoms with Gasteiger partial charge in [0.25, 0.3) is 0 Å². The van der Waals surface area contributed by atoms with Crippen LogP contribution in [0.4, 0.5) is 10.3 Å². The van der Waals surface area contributed by atoms with E-state index in [0.717, 1.165) is 60.1 Å². The number of aryl methyl sites for hydroxylation is 1. The summed E-state index contributed by atoms with van der Waals surface area (Å²) >= 11 is 0. The molecule has 5 rings (SSSR count). The highest BCUT2D eigenvalue weighted by Gasteiger charge is 2.22. The average molecular weight is 408 g/mol. The normalized spacial score (nSPS) is 19.6. The monoisotopic (exact) mass is 408 g/mol. The molecule has 0 radical (unpaired) electrons. The predicted molar refractivity (Wildman–Crippen MR) is 114 cm³/mol. The van der Waals surface area contributed by atoms with Crippen molar-refractivity contribution in [3.8, 4) is 11.1 Å². The van der Waals surface area contributed by atoms with Gasteiger partial charge in [-0.05, 0) is 45.6 Å². The number of aromatic amines is 1. The predicted octanol–water partition coefficient (Wildman–Crippen LogP) is 4.48. The average Bonchev–Trinajstić information content (AvgIpc) is 3.32.